The maximum atomic E-state index is 14.2. The normalized spacial score (nSPS) is 20.0. The standard InChI is InChI=1S/C17H14F4N2O3/c18-11-2-1-9(8-22)13-10-3-6-26-16(7-12(24)25,4-5-17(19,20)21)15(10)23-14(11)13/h1-2,23H,3-7H2,(H,24,25). The minimum Gasteiger partial charge on any atom is -0.481 e. The molecular formula is C17H14F4N2O3. The predicted molar refractivity (Wildman–Crippen MR) is 81.8 cm³/mol. The molecule has 0 spiro atoms. The van der Waals surface area contributed by atoms with Crippen molar-refractivity contribution in [2.75, 3.05) is 6.61 Å². The number of ether oxygens (including phenoxy) is 1. The topological polar surface area (TPSA) is 86.1 Å². The SMILES string of the molecule is N#Cc1ccc(F)c2[nH]c3c(c12)CCOC3(CCC(F)(F)F)CC(=O)O. The van der Waals surface area contributed by atoms with Gasteiger partial charge in [-0.2, -0.15) is 18.4 Å². The Balaban J connectivity index is 2.22. The smallest absolute Gasteiger partial charge is 0.389 e. The van der Waals surface area contributed by atoms with Crippen LogP contribution in [-0.4, -0.2) is 28.8 Å². The minimum absolute atomic E-state index is 0.0214. The Morgan fingerprint density at radius 2 is 2.15 bits per heavy atom. The van der Waals surface area contributed by atoms with Crippen LogP contribution >= 0.6 is 0 Å². The summed E-state index contributed by atoms with van der Waals surface area (Å²) in [5, 5.41) is 18.8. The third-order valence-corrected chi connectivity index (χ3v) is 4.56. The summed E-state index contributed by atoms with van der Waals surface area (Å²) in [4.78, 5) is 14.0. The highest BCUT2D eigenvalue weighted by atomic mass is 19.4. The van der Waals surface area contributed by atoms with Crippen molar-refractivity contribution in [1.29, 1.82) is 5.26 Å². The summed E-state index contributed by atoms with van der Waals surface area (Å²) in [6.45, 7) is -0.0214. The van der Waals surface area contributed by atoms with E-state index in [1.54, 1.807) is 0 Å². The highest BCUT2D eigenvalue weighted by Gasteiger charge is 2.45. The zero-order chi connectivity index (χ0) is 19.1. The molecule has 1 aromatic carbocycles. The number of aliphatic carboxylic acids is 1. The van der Waals surface area contributed by atoms with E-state index in [4.69, 9.17) is 4.74 Å². The maximum Gasteiger partial charge on any atom is 0.389 e. The van der Waals surface area contributed by atoms with Crippen LogP contribution < -0.4 is 0 Å². The average Bonchev–Trinajstić information content (AvgIpc) is 2.95. The van der Waals surface area contributed by atoms with Crippen molar-refractivity contribution in [2.24, 2.45) is 0 Å². The van der Waals surface area contributed by atoms with Crippen LogP contribution in [0.3, 0.4) is 0 Å². The molecule has 1 unspecified atom stereocenters. The lowest BCUT2D eigenvalue weighted by Crippen LogP contribution is -2.39. The molecule has 0 fully saturated rings. The molecule has 1 aliphatic heterocycles. The van der Waals surface area contributed by atoms with Gasteiger partial charge in [-0.3, -0.25) is 4.79 Å². The van der Waals surface area contributed by atoms with Gasteiger partial charge in [0.05, 0.1) is 35.9 Å². The van der Waals surface area contributed by atoms with Gasteiger partial charge in [0.25, 0.3) is 0 Å². The number of hydrogen-bond acceptors (Lipinski definition) is 3. The number of alkyl halides is 3. The Kier molecular flexibility index (Phi) is 4.40. The number of benzene rings is 1. The van der Waals surface area contributed by atoms with Crippen molar-refractivity contribution < 1.29 is 32.2 Å². The van der Waals surface area contributed by atoms with Crippen LogP contribution in [0.5, 0.6) is 0 Å². The van der Waals surface area contributed by atoms with E-state index < -0.39 is 42.8 Å². The van der Waals surface area contributed by atoms with Gasteiger partial charge in [-0.15, -0.1) is 0 Å². The fraction of sp³-hybridized carbons (Fsp3) is 0.412. The number of carbonyl (C=O) groups is 1. The highest BCUT2D eigenvalue weighted by Crippen LogP contribution is 2.45. The molecule has 3 rings (SSSR count). The lowest BCUT2D eigenvalue weighted by Gasteiger charge is -2.36. The van der Waals surface area contributed by atoms with Crippen LogP contribution in [0, 0.1) is 17.1 Å². The second-order valence-electron chi connectivity index (χ2n) is 6.21. The van der Waals surface area contributed by atoms with Crippen molar-refractivity contribution >= 4 is 16.9 Å². The van der Waals surface area contributed by atoms with E-state index in [2.05, 4.69) is 4.98 Å². The number of halogens is 4. The average molecular weight is 370 g/mol. The second-order valence-corrected chi connectivity index (χ2v) is 6.21. The Bertz CT molecular complexity index is 913. The zero-order valence-corrected chi connectivity index (χ0v) is 13.4. The fourth-order valence-corrected chi connectivity index (χ4v) is 3.50. The second kappa shape index (κ2) is 6.29. The third-order valence-electron chi connectivity index (χ3n) is 4.56. The molecule has 0 saturated heterocycles. The summed E-state index contributed by atoms with van der Waals surface area (Å²) in [5.74, 6) is -2.01. The first-order chi connectivity index (χ1) is 12.2. The van der Waals surface area contributed by atoms with Gasteiger partial charge >= 0.3 is 12.1 Å². The Morgan fingerprint density at radius 1 is 1.42 bits per heavy atom. The van der Waals surface area contributed by atoms with E-state index in [1.165, 1.54) is 6.07 Å². The third kappa shape index (κ3) is 3.12. The fourth-order valence-electron chi connectivity index (χ4n) is 3.50. The molecule has 138 valence electrons. The summed E-state index contributed by atoms with van der Waals surface area (Å²) in [6, 6.07) is 4.30. The number of nitriles is 1. The molecule has 26 heavy (non-hydrogen) atoms. The number of nitrogens with one attached hydrogen (secondary N) is 1. The van der Waals surface area contributed by atoms with Gasteiger partial charge in [0.2, 0.25) is 0 Å². The lowest BCUT2D eigenvalue weighted by molar-refractivity contribution is -0.167. The molecule has 0 saturated carbocycles. The first-order valence-electron chi connectivity index (χ1n) is 7.83. The number of hydrogen-bond donors (Lipinski definition) is 2. The van der Waals surface area contributed by atoms with Gasteiger partial charge in [0.1, 0.15) is 11.4 Å². The molecule has 0 bridgehead atoms. The molecule has 1 aliphatic rings. The van der Waals surface area contributed by atoms with E-state index in [1.807, 2.05) is 6.07 Å². The number of carboxylic acid groups (broad SMARTS) is 1. The Hall–Kier alpha value is -2.60. The largest absolute Gasteiger partial charge is 0.481 e. The van der Waals surface area contributed by atoms with Gasteiger partial charge in [-0.1, -0.05) is 0 Å². The number of carboxylic acids is 1. The molecule has 2 aromatic rings. The van der Waals surface area contributed by atoms with Crippen molar-refractivity contribution in [1.82, 2.24) is 4.98 Å². The van der Waals surface area contributed by atoms with E-state index in [9.17, 15) is 32.7 Å². The molecule has 0 amide bonds. The first-order valence-corrected chi connectivity index (χ1v) is 7.83. The molecule has 2 heterocycles. The quantitative estimate of drug-likeness (QED) is 0.803. The molecule has 9 heteroatoms. The molecule has 0 radical (unpaired) electrons. The van der Waals surface area contributed by atoms with Crippen molar-refractivity contribution in [3.05, 3.63) is 34.8 Å². The van der Waals surface area contributed by atoms with E-state index in [0.29, 0.717) is 5.56 Å². The number of fused-ring (bicyclic) bond motifs is 3. The predicted octanol–water partition coefficient (Wildman–Crippen LogP) is 3.76. The highest BCUT2D eigenvalue weighted by molar-refractivity contribution is 5.91. The van der Waals surface area contributed by atoms with Gasteiger partial charge in [-0.25, -0.2) is 4.39 Å². The number of H-pyrrole nitrogens is 1. The van der Waals surface area contributed by atoms with Crippen molar-refractivity contribution in [3.63, 3.8) is 0 Å². The summed E-state index contributed by atoms with van der Waals surface area (Å²) in [6.07, 6.45) is -6.83. The van der Waals surface area contributed by atoms with E-state index >= 15 is 0 Å². The van der Waals surface area contributed by atoms with Crippen LogP contribution in [-0.2, 0) is 21.6 Å². The molecule has 0 aliphatic carbocycles. The summed E-state index contributed by atoms with van der Waals surface area (Å²) >= 11 is 0. The van der Waals surface area contributed by atoms with Gasteiger partial charge < -0.3 is 14.8 Å². The summed E-state index contributed by atoms with van der Waals surface area (Å²) < 4.78 is 58.0. The zero-order valence-electron chi connectivity index (χ0n) is 13.4. The molecule has 1 aromatic heterocycles. The van der Waals surface area contributed by atoms with Crippen LogP contribution in [0.25, 0.3) is 10.9 Å². The molecule has 1 atom stereocenters. The maximum absolute atomic E-state index is 14.2. The van der Waals surface area contributed by atoms with Crippen LogP contribution in [0.1, 0.15) is 36.1 Å². The van der Waals surface area contributed by atoms with Crippen molar-refractivity contribution in [2.45, 2.75) is 37.5 Å². The van der Waals surface area contributed by atoms with Crippen molar-refractivity contribution in [3.8, 4) is 6.07 Å². The monoisotopic (exact) mass is 370 g/mol. The van der Waals surface area contributed by atoms with Crippen LogP contribution in [0.2, 0.25) is 0 Å². The van der Waals surface area contributed by atoms with E-state index in [-0.39, 0.29) is 35.2 Å². The van der Waals surface area contributed by atoms with Crippen LogP contribution in [0.15, 0.2) is 12.1 Å². The Labute approximate surface area is 145 Å². The summed E-state index contributed by atoms with van der Waals surface area (Å²) in [5.41, 5.74) is -1.08. The Morgan fingerprint density at radius 3 is 2.77 bits per heavy atom. The number of rotatable bonds is 4. The van der Waals surface area contributed by atoms with Gasteiger partial charge in [0, 0.05) is 11.8 Å². The first kappa shape index (κ1) is 18.2. The molecular weight excluding hydrogens is 356 g/mol. The lowest BCUT2D eigenvalue weighted by atomic mass is 9.84. The number of aromatic amines is 1. The van der Waals surface area contributed by atoms with Crippen LogP contribution in [0.4, 0.5) is 17.6 Å². The minimum atomic E-state index is -4.50. The van der Waals surface area contributed by atoms with Gasteiger partial charge in [-0.05, 0) is 30.5 Å². The molecule has 5 nitrogen and oxygen atoms in total. The number of aromatic nitrogens is 1. The summed E-state index contributed by atoms with van der Waals surface area (Å²) in [7, 11) is 0. The number of nitrogens with zero attached hydrogens (tertiary/aromatic N) is 1. The molecule has 2 N–H and O–H groups in total. The van der Waals surface area contributed by atoms with E-state index in [0.717, 1.165) is 6.07 Å². The van der Waals surface area contributed by atoms with Gasteiger partial charge in [0.15, 0.2) is 0 Å².